The maximum atomic E-state index is 13.9. The fourth-order valence-corrected chi connectivity index (χ4v) is 3.00. The highest BCUT2D eigenvalue weighted by atomic mass is 32.2. The number of alkyl halides is 2. The van der Waals surface area contributed by atoms with Gasteiger partial charge in [0.25, 0.3) is 0 Å². The van der Waals surface area contributed by atoms with Crippen LogP contribution in [0.25, 0.3) is 6.08 Å². The topological polar surface area (TPSA) is 96.0 Å². The first kappa shape index (κ1) is 21.7. The highest BCUT2D eigenvalue weighted by Crippen LogP contribution is 2.32. The summed E-state index contributed by atoms with van der Waals surface area (Å²) < 4.78 is 63.9. The zero-order valence-corrected chi connectivity index (χ0v) is 16.1. The molecule has 0 saturated carbocycles. The molecule has 1 aromatic carbocycles. The second-order valence-electron chi connectivity index (χ2n) is 6.11. The van der Waals surface area contributed by atoms with Crippen molar-refractivity contribution in [3.05, 3.63) is 47.1 Å². The van der Waals surface area contributed by atoms with E-state index in [2.05, 4.69) is 15.5 Å². The molecule has 1 aliphatic rings. The summed E-state index contributed by atoms with van der Waals surface area (Å²) in [4.78, 5) is 23.7. The van der Waals surface area contributed by atoms with Crippen molar-refractivity contribution in [2.45, 2.75) is 31.6 Å². The molecule has 0 spiro atoms. The van der Waals surface area contributed by atoms with E-state index < -0.39 is 33.4 Å². The van der Waals surface area contributed by atoms with Crippen molar-refractivity contribution in [1.82, 2.24) is 0 Å². The van der Waals surface area contributed by atoms with Gasteiger partial charge in [-0.3, -0.25) is 4.18 Å². The van der Waals surface area contributed by atoms with Gasteiger partial charge in [0.05, 0.1) is 7.11 Å². The van der Waals surface area contributed by atoms with E-state index in [-0.39, 0.29) is 23.3 Å². The monoisotopic (exact) mass is 416 g/mol. The largest absolute Gasteiger partial charge is 0.452 e. The van der Waals surface area contributed by atoms with Crippen molar-refractivity contribution in [2.24, 2.45) is 0 Å². The minimum atomic E-state index is -5.23. The van der Waals surface area contributed by atoms with Crippen LogP contribution in [0.4, 0.5) is 8.78 Å². The normalized spacial score (nSPS) is 14.7. The highest BCUT2D eigenvalue weighted by molar-refractivity contribution is 7.87. The molecule has 0 bridgehead atoms. The molecule has 7 nitrogen and oxygen atoms in total. The number of benzene rings is 1. The summed E-state index contributed by atoms with van der Waals surface area (Å²) in [5.74, 6) is -1.46. The molecule has 0 fully saturated rings. The predicted octanol–water partition coefficient (Wildman–Crippen LogP) is 2.61. The van der Waals surface area contributed by atoms with Crippen molar-refractivity contribution in [2.75, 3.05) is 7.11 Å². The Hall–Kier alpha value is -2.59. The molecule has 1 aliphatic carbocycles. The average Bonchev–Trinajstić information content (AvgIpc) is 3.04. The van der Waals surface area contributed by atoms with Crippen LogP contribution in [0, 0.1) is 0 Å². The Morgan fingerprint density at radius 1 is 1.29 bits per heavy atom. The first-order chi connectivity index (χ1) is 12.9. The molecule has 10 heteroatoms. The number of hydrogen-bond donors (Lipinski definition) is 0. The number of ether oxygens (including phenoxy) is 2. The fraction of sp³-hybridized carbons (Fsp3) is 0.333. The molecule has 0 saturated heterocycles. The predicted molar refractivity (Wildman–Crippen MR) is 95.0 cm³/mol. The number of halogens is 2. The van der Waals surface area contributed by atoms with E-state index in [1.54, 1.807) is 6.07 Å². The third kappa shape index (κ3) is 4.28. The first-order valence-electron chi connectivity index (χ1n) is 7.99. The van der Waals surface area contributed by atoms with Gasteiger partial charge in [0, 0.05) is 17.6 Å². The van der Waals surface area contributed by atoms with Crippen molar-refractivity contribution < 1.29 is 40.4 Å². The summed E-state index contributed by atoms with van der Waals surface area (Å²) in [6, 6.07) is 4.62. The third-order valence-corrected chi connectivity index (χ3v) is 5.39. The average molecular weight is 416 g/mol. The Kier molecular flexibility index (Phi) is 6.05. The smallest absolute Gasteiger partial charge is 0.405 e. The minimum absolute atomic E-state index is 0.0436. The van der Waals surface area contributed by atoms with Gasteiger partial charge in [-0.15, -0.1) is 0 Å². The van der Waals surface area contributed by atoms with Crippen molar-refractivity contribution in [3.8, 4) is 5.75 Å². The fourth-order valence-electron chi connectivity index (χ4n) is 2.33. The SMILES string of the molecule is C=C(C)C(=O)Oc1ccc2c(c1)CC(C(=O)OC(C)C(F)(F)S(=O)(=O)OC)=C2. The molecule has 0 aromatic heterocycles. The number of carbonyl (C=O) groups excluding carboxylic acids is 2. The molecule has 1 atom stereocenters. The van der Waals surface area contributed by atoms with Gasteiger partial charge in [0.15, 0.2) is 6.10 Å². The lowest BCUT2D eigenvalue weighted by atomic mass is 10.1. The molecule has 0 heterocycles. The maximum Gasteiger partial charge on any atom is 0.405 e. The minimum Gasteiger partial charge on any atom is -0.452 e. The van der Waals surface area contributed by atoms with Gasteiger partial charge in [-0.1, -0.05) is 12.6 Å². The maximum absolute atomic E-state index is 13.9. The molecule has 1 aromatic rings. The van der Waals surface area contributed by atoms with Gasteiger partial charge in [-0.05, 0) is 43.2 Å². The Bertz CT molecular complexity index is 964. The van der Waals surface area contributed by atoms with Crippen LogP contribution in [0.15, 0.2) is 35.9 Å². The van der Waals surface area contributed by atoms with Crippen molar-refractivity contribution in [1.29, 1.82) is 0 Å². The molecule has 0 amide bonds. The number of carbonyl (C=O) groups is 2. The lowest BCUT2D eigenvalue weighted by Gasteiger charge is -2.22. The van der Waals surface area contributed by atoms with E-state index in [0.717, 1.165) is 6.92 Å². The second-order valence-corrected chi connectivity index (χ2v) is 7.89. The molecule has 0 radical (unpaired) electrons. The van der Waals surface area contributed by atoms with Gasteiger partial charge >= 0.3 is 27.3 Å². The van der Waals surface area contributed by atoms with Crippen LogP contribution in [0.2, 0.25) is 0 Å². The number of rotatable bonds is 7. The molecule has 0 aliphatic heterocycles. The summed E-state index contributed by atoms with van der Waals surface area (Å²) in [5, 5.41) is -4.41. The first-order valence-corrected chi connectivity index (χ1v) is 9.40. The molecule has 2 rings (SSSR count). The van der Waals surface area contributed by atoms with Gasteiger partial charge < -0.3 is 9.47 Å². The molecule has 0 N–H and O–H groups in total. The third-order valence-electron chi connectivity index (χ3n) is 3.96. The van der Waals surface area contributed by atoms with Gasteiger partial charge in [0.1, 0.15) is 5.75 Å². The molecular weight excluding hydrogens is 398 g/mol. The standard InChI is InChI=1S/C18H18F2O7S/c1-10(2)16(21)27-15-6-5-12-7-14(8-13(12)9-15)17(22)26-11(3)18(19,20)28(23,24)25-4/h5-7,9,11H,1,8H2,2-4H3. The van der Waals surface area contributed by atoms with Crippen LogP contribution in [-0.2, 0) is 35.0 Å². The Labute approximate surface area is 160 Å². The Morgan fingerprint density at radius 3 is 2.50 bits per heavy atom. The number of fused-ring (bicyclic) bond motifs is 1. The van der Waals surface area contributed by atoms with Crippen LogP contribution in [0.3, 0.4) is 0 Å². The Morgan fingerprint density at radius 2 is 1.93 bits per heavy atom. The van der Waals surface area contributed by atoms with E-state index in [4.69, 9.17) is 4.74 Å². The van der Waals surface area contributed by atoms with Crippen LogP contribution in [0.5, 0.6) is 5.75 Å². The van der Waals surface area contributed by atoms with E-state index >= 15 is 0 Å². The summed E-state index contributed by atoms with van der Waals surface area (Å²) in [6.07, 6.45) is -0.790. The van der Waals surface area contributed by atoms with Gasteiger partial charge in [0.2, 0.25) is 0 Å². The van der Waals surface area contributed by atoms with E-state index in [9.17, 15) is 26.8 Å². The van der Waals surface area contributed by atoms with E-state index in [1.807, 2.05) is 0 Å². The van der Waals surface area contributed by atoms with Gasteiger partial charge in [-0.25, -0.2) is 9.59 Å². The summed E-state index contributed by atoms with van der Waals surface area (Å²) in [7, 11) is -4.64. The molecule has 1 unspecified atom stereocenters. The lowest BCUT2D eigenvalue weighted by Crippen LogP contribution is -2.43. The quantitative estimate of drug-likeness (QED) is 0.292. The zero-order chi connectivity index (χ0) is 21.3. The van der Waals surface area contributed by atoms with E-state index in [1.165, 1.54) is 25.1 Å². The van der Waals surface area contributed by atoms with Crippen molar-refractivity contribution >= 4 is 28.1 Å². The van der Waals surface area contributed by atoms with Crippen LogP contribution < -0.4 is 4.74 Å². The highest BCUT2D eigenvalue weighted by Gasteiger charge is 2.53. The number of hydrogen-bond acceptors (Lipinski definition) is 7. The molecule has 152 valence electrons. The van der Waals surface area contributed by atoms with Crippen molar-refractivity contribution in [3.63, 3.8) is 0 Å². The van der Waals surface area contributed by atoms with Crippen LogP contribution in [0.1, 0.15) is 25.0 Å². The zero-order valence-electron chi connectivity index (χ0n) is 15.3. The van der Waals surface area contributed by atoms with Crippen LogP contribution >= 0.6 is 0 Å². The lowest BCUT2D eigenvalue weighted by molar-refractivity contribution is -0.154. The summed E-state index contributed by atoms with van der Waals surface area (Å²) >= 11 is 0. The number of esters is 2. The van der Waals surface area contributed by atoms with E-state index in [0.29, 0.717) is 18.2 Å². The van der Waals surface area contributed by atoms with Gasteiger partial charge in [-0.2, -0.15) is 17.2 Å². The Balaban J connectivity index is 2.10. The second kappa shape index (κ2) is 7.80. The molecular formula is C18H18F2O7S. The summed E-state index contributed by atoms with van der Waals surface area (Å²) in [5.41, 5.74) is 1.49. The molecule has 28 heavy (non-hydrogen) atoms. The van der Waals surface area contributed by atoms with Crippen LogP contribution in [-0.4, -0.2) is 38.8 Å². The summed E-state index contributed by atoms with van der Waals surface area (Å²) in [6.45, 7) is 5.72.